The molecule has 1 aromatic carbocycles. The van der Waals surface area contributed by atoms with Crippen LogP contribution in [0.4, 0.5) is 0 Å². The summed E-state index contributed by atoms with van der Waals surface area (Å²) >= 11 is 0. The number of nitrogens with zero attached hydrogens (tertiary/aromatic N) is 2. The van der Waals surface area contributed by atoms with Crippen molar-refractivity contribution in [1.82, 2.24) is 14.8 Å². The average Bonchev–Trinajstić information content (AvgIpc) is 3.03. The summed E-state index contributed by atoms with van der Waals surface area (Å²) in [6.45, 7) is 0. The Morgan fingerprint density at radius 2 is 1.75 bits per heavy atom. The van der Waals surface area contributed by atoms with E-state index in [1.54, 1.807) is 6.20 Å². The van der Waals surface area contributed by atoms with Crippen molar-refractivity contribution in [2.45, 2.75) is 25.7 Å². The number of nitrogens with one attached hydrogen (secondary N) is 1. The molecular weight excluding hydrogens is 254 g/mol. The molecule has 0 fully saturated rings. The lowest BCUT2D eigenvalue weighted by molar-refractivity contribution is 0.399. The highest BCUT2D eigenvalue weighted by Gasteiger charge is 2.25. The predicted octanol–water partition coefficient (Wildman–Crippen LogP) is 2.64. The minimum absolute atomic E-state index is 0.163. The van der Waals surface area contributed by atoms with Gasteiger partial charge in [-0.05, 0) is 43.9 Å². The standard InChI is InChI=1S/C15H15N3O2/c19-14-11-3-1-2-4-12(11)15(20)18(14)10-6-5-9-8-16-17-13(9)7-10/h5-8,19-20H,1-4H2,(H,16,17). The summed E-state index contributed by atoms with van der Waals surface area (Å²) in [5.74, 6) is 0.326. The molecule has 0 saturated heterocycles. The Bertz CT molecular complexity index is 771. The van der Waals surface area contributed by atoms with Crippen LogP contribution in [0.25, 0.3) is 16.6 Å². The third-order valence-electron chi connectivity index (χ3n) is 4.11. The third kappa shape index (κ3) is 1.46. The van der Waals surface area contributed by atoms with Crippen molar-refractivity contribution >= 4 is 10.9 Å². The highest BCUT2D eigenvalue weighted by molar-refractivity contribution is 5.80. The molecule has 3 N–H and O–H groups in total. The summed E-state index contributed by atoms with van der Waals surface area (Å²) in [4.78, 5) is 0. The second kappa shape index (κ2) is 4.03. The fourth-order valence-corrected chi connectivity index (χ4v) is 3.08. The maximum Gasteiger partial charge on any atom is 0.202 e. The van der Waals surface area contributed by atoms with Crippen molar-refractivity contribution in [3.63, 3.8) is 0 Å². The summed E-state index contributed by atoms with van der Waals surface area (Å²) in [5, 5.41) is 28.7. The van der Waals surface area contributed by atoms with E-state index in [0.29, 0.717) is 0 Å². The van der Waals surface area contributed by atoms with Crippen molar-refractivity contribution in [3.05, 3.63) is 35.5 Å². The van der Waals surface area contributed by atoms with Gasteiger partial charge in [0.05, 0.1) is 17.4 Å². The first kappa shape index (κ1) is 11.4. The van der Waals surface area contributed by atoms with Crippen LogP contribution in [0.5, 0.6) is 11.8 Å². The Balaban J connectivity index is 1.95. The van der Waals surface area contributed by atoms with Gasteiger partial charge in [0.1, 0.15) is 0 Å². The molecule has 4 rings (SSSR count). The first-order valence-corrected chi connectivity index (χ1v) is 6.83. The number of fused-ring (bicyclic) bond motifs is 2. The molecule has 5 heteroatoms. The van der Waals surface area contributed by atoms with Crippen molar-refractivity contribution in [2.24, 2.45) is 0 Å². The van der Waals surface area contributed by atoms with Gasteiger partial charge < -0.3 is 10.2 Å². The topological polar surface area (TPSA) is 74.1 Å². The van der Waals surface area contributed by atoms with Gasteiger partial charge in [-0.1, -0.05) is 0 Å². The summed E-state index contributed by atoms with van der Waals surface area (Å²) in [5.41, 5.74) is 3.40. The Hall–Kier alpha value is -2.43. The van der Waals surface area contributed by atoms with Gasteiger partial charge >= 0.3 is 0 Å². The van der Waals surface area contributed by atoms with E-state index in [1.807, 2.05) is 18.2 Å². The number of H-pyrrole nitrogens is 1. The molecule has 1 aliphatic carbocycles. The molecule has 0 atom stereocenters. The molecular formula is C15H15N3O2. The zero-order chi connectivity index (χ0) is 13.7. The van der Waals surface area contributed by atoms with Gasteiger partial charge in [-0.25, -0.2) is 0 Å². The van der Waals surface area contributed by atoms with Crippen LogP contribution in [0.3, 0.4) is 0 Å². The van der Waals surface area contributed by atoms with Crippen molar-refractivity contribution < 1.29 is 10.2 Å². The fourth-order valence-electron chi connectivity index (χ4n) is 3.08. The summed E-state index contributed by atoms with van der Waals surface area (Å²) in [7, 11) is 0. The van der Waals surface area contributed by atoms with E-state index in [2.05, 4.69) is 10.2 Å². The van der Waals surface area contributed by atoms with Gasteiger partial charge in [-0.2, -0.15) is 5.10 Å². The minimum atomic E-state index is 0.163. The van der Waals surface area contributed by atoms with E-state index < -0.39 is 0 Å². The summed E-state index contributed by atoms with van der Waals surface area (Å²) in [6, 6.07) is 5.68. The Kier molecular flexibility index (Phi) is 2.30. The smallest absolute Gasteiger partial charge is 0.202 e. The molecule has 0 saturated carbocycles. The predicted molar refractivity (Wildman–Crippen MR) is 75.4 cm³/mol. The normalized spacial score (nSPS) is 14.6. The molecule has 102 valence electrons. The van der Waals surface area contributed by atoms with Crippen LogP contribution in [-0.4, -0.2) is 25.0 Å². The van der Waals surface area contributed by atoms with E-state index >= 15 is 0 Å². The number of aromatic hydroxyl groups is 2. The van der Waals surface area contributed by atoms with Gasteiger partial charge in [0.2, 0.25) is 11.8 Å². The van der Waals surface area contributed by atoms with Gasteiger partial charge in [-0.15, -0.1) is 0 Å². The number of benzene rings is 1. The van der Waals surface area contributed by atoms with Crippen LogP contribution in [0, 0.1) is 0 Å². The van der Waals surface area contributed by atoms with Crippen LogP contribution in [0.15, 0.2) is 24.4 Å². The molecule has 3 aromatic rings. The van der Waals surface area contributed by atoms with Crippen LogP contribution < -0.4 is 0 Å². The number of hydrogen-bond donors (Lipinski definition) is 3. The van der Waals surface area contributed by atoms with E-state index in [1.165, 1.54) is 4.57 Å². The van der Waals surface area contributed by atoms with Gasteiger partial charge in [0.25, 0.3) is 0 Å². The van der Waals surface area contributed by atoms with Crippen molar-refractivity contribution in [3.8, 4) is 17.4 Å². The maximum absolute atomic E-state index is 10.4. The average molecular weight is 269 g/mol. The zero-order valence-electron chi connectivity index (χ0n) is 10.9. The third-order valence-corrected chi connectivity index (χ3v) is 4.11. The van der Waals surface area contributed by atoms with E-state index in [4.69, 9.17) is 0 Å². The molecule has 0 aliphatic heterocycles. The first-order valence-electron chi connectivity index (χ1n) is 6.83. The van der Waals surface area contributed by atoms with Gasteiger partial charge in [-0.3, -0.25) is 9.67 Å². The van der Waals surface area contributed by atoms with Crippen molar-refractivity contribution in [2.75, 3.05) is 0 Å². The minimum Gasteiger partial charge on any atom is -0.494 e. The highest BCUT2D eigenvalue weighted by Crippen LogP contribution is 2.40. The quantitative estimate of drug-likeness (QED) is 0.635. The largest absolute Gasteiger partial charge is 0.494 e. The van der Waals surface area contributed by atoms with E-state index in [0.717, 1.165) is 53.4 Å². The summed E-state index contributed by atoms with van der Waals surface area (Å²) < 4.78 is 1.52. The Morgan fingerprint density at radius 1 is 1.05 bits per heavy atom. The molecule has 2 aromatic heterocycles. The van der Waals surface area contributed by atoms with Gasteiger partial charge in [0, 0.05) is 16.5 Å². The Labute approximate surface area is 115 Å². The molecule has 0 radical (unpaired) electrons. The lowest BCUT2D eigenvalue weighted by atomic mass is 9.95. The number of rotatable bonds is 1. The van der Waals surface area contributed by atoms with Crippen LogP contribution >= 0.6 is 0 Å². The van der Waals surface area contributed by atoms with Crippen molar-refractivity contribution in [1.29, 1.82) is 0 Å². The molecule has 0 unspecified atom stereocenters. The SMILES string of the molecule is Oc1c2c(c(O)n1-c1ccc3cn[nH]c3c1)CCCC2. The van der Waals surface area contributed by atoms with Gasteiger partial charge in [0.15, 0.2) is 0 Å². The lowest BCUT2D eigenvalue weighted by Crippen LogP contribution is -1.98. The second-order valence-corrected chi connectivity index (χ2v) is 5.29. The van der Waals surface area contributed by atoms with Crippen LogP contribution in [0.2, 0.25) is 0 Å². The first-order chi connectivity index (χ1) is 9.75. The van der Waals surface area contributed by atoms with E-state index in [9.17, 15) is 10.2 Å². The number of aromatic nitrogens is 3. The molecule has 1 aliphatic rings. The monoisotopic (exact) mass is 269 g/mol. The van der Waals surface area contributed by atoms with Crippen LogP contribution in [0.1, 0.15) is 24.0 Å². The summed E-state index contributed by atoms with van der Waals surface area (Å²) in [6.07, 6.45) is 5.52. The highest BCUT2D eigenvalue weighted by atomic mass is 16.3. The molecule has 20 heavy (non-hydrogen) atoms. The molecule has 0 amide bonds. The Morgan fingerprint density at radius 3 is 2.45 bits per heavy atom. The maximum atomic E-state index is 10.4. The van der Waals surface area contributed by atoms with Crippen LogP contribution in [-0.2, 0) is 12.8 Å². The molecule has 5 nitrogen and oxygen atoms in total. The van der Waals surface area contributed by atoms with E-state index in [-0.39, 0.29) is 11.8 Å². The number of hydrogen-bond acceptors (Lipinski definition) is 3. The second-order valence-electron chi connectivity index (χ2n) is 5.29. The molecule has 0 spiro atoms. The number of aromatic amines is 1. The zero-order valence-corrected chi connectivity index (χ0v) is 10.9. The fraction of sp³-hybridized carbons (Fsp3) is 0.267. The lowest BCUT2D eigenvalue weighted by Gasteiger charge is -2.09. The molecule has 0 bridgehead atoms. The molecule has 2 heterocycles.